The van der Waals surface area contributed by atoms with Crippen molar-refractivity contribution in [2.24, 2.45) is 7.05 Å². The lowest BCUT2D eigenvalue weighted by atomic mass is 10.1. The van der Waals surface area contributed by atoms with Crippen LogP contribution < -0.4 is 11.0 Å². The summed E-state index contributed by atoms with van der Waals surface area (Å²) in [6.45, 7) is 0.0405. The third-order valence-electron chi connectivity index (χ3n) is 4.82. The molecule has 1 amide bonds. The highest BCUT2D eigenvalue weighted by atomic mass is 16.2. The van der Waals surface area contributed by atoms with Crippen molar-refractivity contribution in [3.63, 3.8) is 0 Å². The molecular weight excluding hydrogens is 302 g/mol. The van der Waals surface area contributed by atoms with E-state index >= 15 is 0 Å². The quantitative estimate of drug-likeness (QED) is 0.803. The first kappa shape index (κ1) is 14.8. The predicted molar refractivity (Wildman–Crippen MR) is 92.8 cm³/mol. The summed E-state index contributed by atoms with van der Waals surface area (Å²) in [5.41, 5.74) is 3.94. The third-order valence-corrected chi connectivity index (χ3v) is 4.82. The number of para-hydroxylation sites is 2. The van der Waals surface area contributed by atoms with Gasteiger partial charge in [0.2, 0.25) is 5.91 Å². The fourth-order valence-corrected chi connectivity index (χ4v) is 3.61. The summed E-state index contributed by atoms with van der Waals surface area (Å²) in [6, 6.07) is 15.8. The van der Waals surface area contributed by atoms with Gasteiger partial charge in [0.1, 0.15) is 6.54 Å². The lowest BCUT2D eigenvalue weighted by molar-refractivity contribution is -0.122. The lowest BCUT2D eigenvalue weighted by Gasteiger charge is -2.14. The van der Waals surface area contributed by atoms with Crippen molar-refractivity contribution in [2.75, 3.05) is 0 Å². The molecule has 0 aliphatic heterocycles. The molecule has 0 saturated carbocycles. The van der Waals surface area contributed by atoms with Crippen LogP contribution >= 0.6 is 0 Å². The number of rotatable bonds is 3. The molecule has 0 radical (unpaired) electrons. The van der Waals surface area contributed by atoms with Gasteiger partial charge in [0.15, 0.2) is 0 Å². The first-order valence-corrected chi connectivity index (χ1v) is 8.16. The van der Waals surface area contributed by atoms with E-state index in [-0.39, 0.29) is 24.2 Å². The van der Waals surface area contributed by atoms with Crippen LogP contribution in [-0.4, -0.2) is 15.0 Å². The molecule has 3 aromatic rings. The van der Waals surface area contributed by atoms with Crippen molar-refractivity contribution in [2.45, 2.75) is 25.4 Å². The number of nitrogens with zero attached hydrogens (tertiary/aromatic N) is 2. The second-order valence-electron chi connectivity index (χ2n) is 6.27. The number of hydrogen-bond acceptors (Lipinski definition) is 2. The van der Waals surface area contributed by atoms with Crippen molar-refractivity contribution >= 4 is 16.9 Å². The molecule has 5 heteroatoms. The number of benzene rings is 2. The molecule has 4 rings (SSSR count). The molecule has 0 saturated heterocycles. The van der Waals surface area contributed by atoms with Gasteiger partial charge in [-0.2, -0.15) is 0 Å². The molecule has 1 heterocycles. The molecule has 1 aliphatic rings. The van der Waals surface area contributed by atoms with Gasteiger partial charge in [-0.15, -0.1) is 0 Å². The number of aryl methyl sites for hydroxylation is 2. The topological polar surface area (TPSA) is 56.0 Å². The fraction of sp³-hybridized carbons (Fsp3) is 0.263. The highest BCUT2D eigenvalue weighted by Gasteiger charge is 2.24. The van der Waals surface area contributed by atoms with Crippen LogP contribution in [0.2, 0.25) is 0 Å². The number of aromatic nitrogens is 2. The summed E-state index contributed by atoms with van der Waals surface area (Å²) >= 11 is 0. The minimum Gasteiger partial charge on any atom is -0.348 e. The molecule has 1 unspecified atom stereocenters. The Bertz CT molecular complexity index is 984. The molecule has 24 heavy (non-hydrogen) atoms. The third kappa shape index (κ3) is 2.33. The van der Waals surface area contributed by atoms with Gasteiger partial charge in [-0.05, 0) is 36.1 Å². The Balaban J connectivity index is 1.58. The normalized spacial score (nSPS) is 16.3. The van der Waals surface area contributed by atoms with Crippen LogP contribution in [0.25, 0.3) is 11.0 Å². The highest BCUT2D eigenvalue weighted by molar-refractivity contribution is 5.81. The first-order valence-electron chi connectivity index (χ1n) is 8.16. The number of carbonyl (C=O) groups is 1. The zero-order valence-corrected chi connectivity index (χ0v) is 13.5. The number of nitrogens with one attached hydrogen (secondary N) is 1. The lowest BCUT2D eigenvalue weighted by Crippen LogP contribution is -2.34. The fourth-order valence-electron chi connectivity index (χ4n) is 3.61. The van der Waals surface area contributed by atoms with Crippen LogP contribution in [0, 0.1) is 0 Å². The Morgan fingerprint density at radius 3 is 2.67 bits per heavy atom. The summed E-state index contributed by atoms with van der Waals surface area (Å²) in [5.74, 6) is -0.129. The van der Waals surface area contributed by atoms with E-state index < -0.39 is 0 Å². The minimum absolute atomic E-state index is 0.0405. The molecule has 0 fully saturated rings. The van der Waals surface area contributed by atoms with Crippen molar-refractivity contribution in [3.05, 3.63) is 70.1 Å². The van der Waals surface area contributed by atoms with E-state index in [1.807, 2.05) is 36.4 Å². The summed E-state index contributed by atoms with van der Waals surface area (Å²) in [7, 11) is 1.73. The Kier molecular flexibility index (Phi) is 3.49. The van der Waals surface area contributed by atoms with Gasteiger partial charge < -0.3 is 5.32 Å². The number of imidazole rings is 1. The van der Waals surface area contributed by atoms with Crippen LogP contribution in [0.4, 0.5) is 0 Å². The zero-order chi connectivity index (χ0) is 16.7. The SMILES string of the molecule is Cn1c(=O)n(CC(=O)NC2CCc3ccccc32)c2ccccc21. The van der Waals surface area contributed by atoms with Gasteiger partial charge in [0.05, 0.1) is 17.1 Å². The van der Waals surface area contributed by atoms with Crippen LogP contribution in [0.5, 0.6) is 0 Å². The van der Waals surface area contributed by atoms with Crippen molar-refractivity contribution in [1.82, 2.24) is 14.5 Å². The maximum atomic E-state index is 12.5. The van der Waals surface area contributed by atoms with E-state index in [1.54, 1.807) is 11.6 Å². The van der Waals surface area contributed by atoms with Crippen LogP contribution in [0.15, 0.2) is 53.3 Å². The van der Waals surface area contributed by atoms with Crippen LogP contribution in [0.3, 0.4) is 0 Å². The maximum Gasteiger partial charge on any atom is 0.329 e. The summed E-state index contributed by atoms with van der Waals surface area (Å²) in [6.07, 6.45) is 1.89. The second kappa shape index (κ2) is 5.67. The van der Waals surface area contributed by atoms with Gasteiger partial charge in [0.25, 0.3) is 0 Å². The molecule has 122 valence electrons. The molecule has 0 spiro atoms. The van der Waals surface area contributed by atoms with Gasteiger partial charge >= 0.3 is 5.69 Å². The Morgan fingerprint density at radius 1 is 1.12 bits per heavy atom. The molecule has 0 bridgehead atoms. The number of amides is 1. The van der Waals surface area contributed by atoms with Gasteiger partial charge in [-0.1, -0.05) is 36.4 Å². The molecule has 1 aliphatic carbocycles. The van der Waals surface area contributed by atoms with E-state index in [0.29, 0.717) is 0 Å². The molecular formula is C19H19N3O2. The molecule has 1 N–H and O–H groups in total. The zero-order valence-electron chi connectivity index (χ0n) is 13.5. The van der Waals surface area contributed by atoms with Gasteiger partial charge in [-0.3, -0.25) is 13.9 Å². The Labute approximate surface area is 139 Å². The Hall–Kier alpha value is -2.82. The number of carbonyl (C=O) groups excluding carboxylic acids is 1. The van der Waals surface area contributed by atoms with Gasteiger partial charge in [-0.25, -0.2) is 4.79 Å². The van der Waals surface area contributed by atoms with Gasteiger partial charge in [0, 0.05) is 7.05 Å². The smallest absolute Gasteiger partial charge is 0.329 e. The molecule has 1 aromatic heterocycles. The standard InChI is InChI=1S/C19H19N3O2/c1-21-16-8-4-5-9-17(16)22(19(21)24)12-18(23)20-15-11-10-13-6-2-3-7-14(13)15/h2-9,15H,10-12H2,1H3,(H,20,23). The monoisotopic (exact) mass is 321 g/mol. The first-order chi connectivity index (χ1) is 11.6. The van der Waals surface area contributed by atoms with E-state index in [1.165, 1.54) is 15.7 Å². The molecule has 5 nitrogen and oxygen atoms in total. The van der Waals surface area contributed by atoms with E-state index in [4.69, 9.17) is 0 Å². The predicted octanol–water partition coefficient (Wildman–Crippen LogP) is 2.14. The van der Waals surface area contributed by atoms with E-state index in [9.17, 15) is 9.59 Å². The average Bonchev–Trinajstić information content (AvgIpc) is 3.11. The summed E-state index contributed by atoms with van der Waals surface area (Å²) < 4.78 is 3.11. The Morgan fingerprint density at radius 2 is 1.83 bits per heavy atom. The molecule has 1 atom stereocenters. The van der Waals surface area contributed by atoms with Crippen molar-refractivity contribution in [1.29, 1.82) is 0 Å². The molecule has 2 aromatic carbocycles. The van der Waals surface area contributed by atoms with Crippen LogP contribution in [0.1, 0.15) is 23.6 Å². The maximum absolute atomic E-state index is 12.5. The van der Waals surface area contributed by atoms with Crippen molar-refractivity contribution < 1.29 is 4.79 Å². The van der Waals surface area contributed by atoms with E-state index in [0.717, 1.165) is 23.9 Å². The second-order valence-corrected chi connectivity index (χ2v) is 6.27. The van der Waals surface area contributed by atoms with E-state index in [2.05, 4.69) is 17.4 Å². The summed E-state index contributed by atoms with van der Waals surface area (Å²) in [4.78, 5) is 24.9. The average molecular weight is 321 g/mol. The largest absolute Gasteiger partial charge is 0.348 e. The van der Waals surface area contributed by atoms with Crippen LogP contribution in [-0.2, 0) is 24.8 Å². The minimum atomic E-state index is -0.168. The van der Waals surface area contributed by atoms with Crippen molar-refractivity contribution in [3.8, 4) is 0 Å². The summed E-state index contributed by atoms with van der Waals surface area (Å²) in [5, 5.41) is 3.08. The number of fused-ring (bicyclic) bond motifs is 2. The highest BCUT2D eigenvalue weighted by Crippen LogP contribution is 2.30. The number of hydrogen-bond donors (Lipinski definition) is 1.